The van der Waals surface area contributed by atoms with Crippen molar-refractivity contribution in [1.82, 2.24) is 20.0 Å². The summed E-state index contributed by atoms with van der Waals surface area (Å²) in [5.74, 6) is -0.0337. The highest BCUT2D eigenvalue weighted by molar-refractivity contribution is 6.13. The first-order valence-corrected chi connectivity index (χ1v) is 26.8. The molecule has 0 spiro atoms. The fourth-order valence-electron chi connectivity index (χ4n) is 10.3. The Balaban J connectivity index is 0.727. The third kappa shape index (κ3) is 12.6. The van der Waals surface area contributed by atoms with Gasteiger partial charge >= 0.3 is 0 Å². The number of rotatable bonds is 23. The minimum Gasteiger partial charge on any atom is -0.497 e. The van der Waals surface area contributed by atoms with Gasteiger partial charge in [0.05, 0.1) is 62.5 Å². The number of benzene rings is 4. The molecule has 0 saturated carbocycles. The van der Waals surface area contributed by atoms with Crippen molar-refractivity contribution in [3.63, 3.8) is 0 Å². The van der Waals surface area contributed by atoms with Crippen LogP contribution in [0.1, 0.15) is 105 Å². The van der Waals surface area contributed by atoms with Crippen LogP contribution in [0.5, 0.6) is 23.0 Å². The molecule has 0 aliphatic carbocycles. The third-order valence-electron chi connectivity index (χ3n) is 14.8. The topological polar surface area (TPSA) is 198 Å². The Hall–Kier alpha value is -8.34. The molecular formula is C61H67N7O10. The summed E-state index contributed by atoms with van der Waals surface area (Å²) in [5.41, 5.74) is 8.79. The first kappa shape index (κ1) is 54.4. The van der Waals surface area contributed by atoms with Gasteiger partial charge in [-0.2, -0.15) is 0 Å². The molecule has 4 atom stereocenters. The van der Waals surface area contributed by atoms with Gasteiger partial charge in [0.2, 0.25) is 11.8 Å². The van der Waals surface area contributed by atoms with Crippen LogP contribution in [0.4, 0.5) is 17.1 Å². The Kier molecular flexibility index (Phi) is 17.0. The summed E-state index contributed by atoms with van der Waals surface area (Å²) in [6.07, 6.45) is 14.3. The molecule has 0 unspecified atom stereocenters. The molecule has 5 amide bonds. The molecule has 4 aromatic rings. The van der Waals surface area contributed by atoms with Gasteiger partial charge in [-0.15, -0.1) is 0 Å². The van der Waals surface area contributed by atoms with Crippen molar-refractivity contribution in [2.24, 2.45) is 21.8 Å². The molecule has 406 valence electrons. The Morgan fingerprint density at radius 2 is 1.37 bits per heavy atom. The smallest absolute Gasteiger partial charge is 0.260 e. The molecule has 5 aliphatic rings. The van der Waals surface area contributed by atoms with Crippen LogP contribution in [0.25, 0.3) is 11.1 Å². The number of carbonyl (C=O) groups is 6. The lowest BCUT2D eigenvalue weighted by molar-refractivity contribution is -0.137. The van der Waals surface area contributed by atoms with E-state index in [1.807, 2.05) is 56.6 Å². The molecule has 0 radical (unpaired) electrons. The monoisotopic (exact) mass is 1060 g/mol. The van der Waals surface area contributed by atoms with Crippen molar-refractivity contribution in [2.45, 2.75) is 104 Å². The highest BCUT2D eigenvalue weighted by Crippen LogP contribution is 2.41. The van der Waals surface area contributed by atoms with Crippen LogP contribution in [0, 0.1) is 18.8 Å². The van der Waals surface area contributed by atoms with Gasteiger partial charge in [-0.1, -0.05) is 51.5 Å². The zero-order chi connectivity index (χ0) is 55.0. The van der Waals surface area contributed by atoms with Crippen molar-refractivity contribution in [3.8, 4) is 23.0 Å². The third-order valence-corrected chi connectivity index (χ3v) is 14.8. The first-order chi connectivity index (χ1) is 37.7. The van der Waals surface area contributed by atoms with E-state index in [0.717, 1.165) is 52.4 Å². The molecular weight excluding hydrogens is 991 g/mol. The van der Waals surface area contributed by atoms with Gasteiger partial charge in [0.1, 0.15) is 11.5 Å². The molecule has 4 aromatic carbocycles. The summed E-state index contributed by atoms with van der Waals surface area (Å²) in [5, 5.41) is 5.76. The largest absolute Gasteiger partial charge is 0.497 e. The van der Waals surface area contributed by atoms with Gasteiger partial charge in [-0.05, 0) is 102 Å². The van der Waals surface area contributed by atoms with Crippen LogP contribution < -0.4 is 29.6 Å². The van der Waals surface area contributed by atoms with E-state index in [0.29, 0.717) is 80.3 Å². The molecule has 5 heterocycles. The van der Waals surface area contributed by atoms with E-state index in [1.165, 1.54) is 28.2 Å². The first-order valence-electron chi connectivity index (χ1n) is 26.8. The highest BCUT2D eigenvalue weighted by Gasteiger charge is 2.34. The van der Waals surface area contributed by atoms with Crippen molar-refractivity contribution in [1.29, 1.82) is 0 Å². The zero-order valence-electron chi connectivity index (χ0n) is 45.1. The Bertz CT molecular complexity index is 3100. The second-order valence-electron chi connectivity index (χ2n) is 20.7. The normalized spacial score (nSPS) is 17.8. The second kappa shape index (κ2) is 24.3. The SMILES string of the molecule is COc1ccc(C2=CN3Cc4cc(C)c(OCCCOc5cc6c(cc5OC)C(=O)N5C=C(c7ccc(NC(=O)[C@H](C)CC(=O)[C@@H](NC(=O)CCCCCN8C(=O)C=CC8=O)C(C)C)cc7)C[C@H]5C=N6)cc4N=C[C@@H]3C2)cc1. The number of hydrogen-bond acceptors (Lipinski definition) is 13. The standard InChI is InChI=1S/C61H67N7O10/c1-37(2)59(65-56(70)11-8-7-9-22-67-57(71)20-21-58(67)72)52(69)26-39(4)60(73)64-45-16-12-40(13-17-45)43-28-47-33-63-51-31-55(54(76-6)29-49(51)61(74)68(47)36-43)78-24-10-23-77-53-30-50-44(25-38(53)3)35-66-34-42(27-46(66)32-62-50)41-14-18-48(75-5)19-15-41/h12-21,25,29-34,36-37,39,46-47,59H,7-11,22-24,26-28,35H2,1-6H3,(H,64,73)(H,65,70)/t39-,46+,47+,59+/m1/s1. The maximum atomic E-state index is 14.1. The predicted molar refractivity (Wildman–Crippen MR) is 299 cm³/mol. The average molecular weight is 1060 g/mol. The van der Waals surface area contributed by atoms with E-state index in [1.54, 1.807) is 56.5 Å². The summed E-state index contributed by atoms with van der Waals surface area (Å²) in [4.78, 5) is 92.0. The molecule has 0 aromatic heterocycles. The molecule has 0 bridgehead atoms. The van der Waals surface area contributed by atoms with Crippen LogP contribution in [0.2, 0.25) is 0 Å². The number of carbonyl (C=O) groups excluding carboxylic acids is 6. The maximum absolute atomic E-state index is 14.1. The number of amides is 5. The lowest BCUT2D eigenvalue weighted by Crippen LogP contribution is -2.45. The number of aryl methyl sites for hydroxylation is 1. The number of anilines is 1. The van der Waals surface area contributed by atoms with E-state index in [2.05, 4.69) is 46.9 Å². The predicted octanol–water partition coefficient (Wildman–Crippen LogP) is 9.32. The Morgan fingerprint density at radius 1 is 0.718 bits per heavy atom. The molecule has 17 nitrogen and oxygen atoms in total. The number of unbranched alkanes of at least 4 members (excludes halogenated alkanes) is 2. The minimum absolute atomic E-state index is 0.0570. The summed E-state index contributed by atoms with van der Waals surface area (Å²) in [7, 11) is 3.22. The van der Waals surface area contributed by atoms with Crippen molar-refractivity contribution in [2.75, 3.05) is 39.3 Å². The van der Waals surface area contributed by atoms with E-state index in [9.17, 15) is 28.8 Å². The van der Waals surface area contributed by atoms with Crippen LogP contribution in [-0.4, -0.2) is 115 Å². The van der Waals surface area contributed by atoms with E-state index < -0.39 is 12.0 Å². The lowest BCUT2D eigenvalue weighted by Gasteiger charge is -2.23. The molecule has 2 N–H and O–H groups in total. The minimum atomic E-state index is -0.749. The van der Waals surface area contributed by atoms with Crippen molar-refractivity contribution >= 4 is 76.0 Å². The molecule has 5 aliphatic heterocycles. The van der Waals surface area contributed by atoms with Crippen LogP contribution in [0.15, 0.2) is 107 Å². The van der Waals surface area contributed by atoms with E-state index in [-0.39, 0.29) is 66.2 Å². The van der Waals surface area contributed by atoms with Crippen molar-refractivity contribution in [3.05, 3.63) is 125 Å². The molecule has 9 rings (SSSR count). The summed E-state index contributed by atoms with van der Waals surface area (Å²) >= 11 is 0. The van der Waals surface area contributed by atoms with Crippen LogP contribution in [0.3, 0.4) is 0 Å². The number of methoxy groups -OCH3 is 2. The van der Waals surface area contributed by atoms with Gasteiger partial charge < -0.3 is 39.4 Å². The fraction of sp³-hybridized carbons (Fsp3) is 0.377. The maximum Gasteiger partial charge on any atom is 0.260 e. The van der Waals surface area contributed by atoms with E-state index in [4.69, 9.17) is 28.9 Å². The van der Waals surface area contributed by atoms with Gasteiger partial charge in [0, 0.05) is 99.5 Å². The van der Waals surface area contributed by atoms with Gasteiger partial charge in [0.25, 0.3) is 17.7 Å². The molecule has 0 fully saturated rings. The number of fused-ring (bicyclic) bond motifs is 4. The zero-order valence-corrected chi connectivity index (χ0v) is 45.1. The molecule has 78 heavy (non-hydrogen) atoms. The van der Waals surface area contributed by atoms with Crippen LogP contribution >= 0.6 is 0 Å². The number of Topliss-reactive ketones (excluding diaryl/α,β-unsaturated/α-hetero) is 1. The number of nitrogens with one attached hydrogen (secondary N) is 2. The summed E-state index contributed by atoms with van der Waals surface area (Å²) < 4.78 is 23.5. The van der Waals surface area contributed by atoms with Crippen LogP contribution in [-0.2, 0) is 30.5 Å². The number of nitrogens with zero attached hydrogens (tertiary/aromatic N) is 5. The van der Waals surface area contributed by atoms with Gasteiger partial charge in [-0.25, -0.2) is 0 Å². The number of ketones is 1. The summed E-state index contributed by atoms with van der Waals surface area (Å²) in [6, 6.07) is 22.2. The van der Waals surface area contributed by atoms with Gasteiger partial charge in [0.15, 0.2) is 17.3 Å². The quantitative estimate of drug-likeness (QED) is 0.0530. The Labute approximate surface area is 455 Å². The number of aliphatic imine (C=N–C) groups is 2. The van der Waals surface area contributed by atoms with E-state index >= 15 is 0 Å². The average Bonchev–Trinajstić information content (AvgIpc) is 4.29. The van der Waals surface area contributed by atoms with Crippen molar-refractivity contribution < 1.29 is 47.7 Å². The lowest BCUT2D eigenvalue weighted by atomic mass is 9.92. The summed E-state index contributed by atoms with van der Waals surface area (Å²) in [6.45, 7) is 9.24. The Morgan fingerprint density at radius 3 is 2.08 bits per heavy atom. The molecule has 0 saturated heterocycles. The highest BCUT2D eigenvalue weighted by atomic mass is 16.5. The van der Waals surface area contributed by atoms with Gasteiger partial charge in [-0.3, -0.25) is 43.7 Å². The second-order valence-corrected chi connectivity index (χ2v) is 20.7. The fourth-order valence-corrected chi connectivity index (χ4v) is 10.3. The number of ether oxygens (including phenoxy) is 4. The molecule has 17 heteroatoms. The number of hydrogen-bond donors (Lipinski definition) is 2. The number of imide groups is 1.